The van der Waals surface area contributed by atoms with Crippen molar-refractivity contribution in [1.29, 1.82) is 0 Å². The minimum atomic E-state index is -4.69. The van der Waals surface area contributed by atoms with Crippen LogP contribution in [0.5, 0.6) is 0 Å². The molecule has 0 radical (unpaired) electrons. The number of quaternary nitrogens is 1. The smallest absolute Gasteiger partial charge is 0.345 e. The molecule has 0 saturated carbocycles. The molecule has 0 saturated heterocycles. The van der Waals surface area contributed by atoms with E-state index < -0.39 is 28.9 Å². The maximum Gasteiger partial charge on any atom is 0.416 e. The van der Waals surface area contributed by atoms with Crippen molar-refractivity contribution in [2.75, 3.05) is 0 Å². The third kappa shape index (κ3) is 4.17. The lowest BCUT2D eigenvalue weighted by Crippen LogP contribution is -2.71. The molecule has 3 aromatic carbocycles. The molecular formula is C21H17F5N+. The highest BCUT2D eigenvalue weighted by molar-refractivity contribution is 5.40. The van der Waals surface area contributed by atoms with Crippen molar-refractivity contribution in [3.05, 3.63) is 107 Å². The SMILES string of the molecule is [NH3+]C(Cc1ccccc1)(c1ccc(F)cc1)c1cc(F)cc(C(F)(F)F)c1. The monoisotopic (exact) mass is 378 g/mol. The maximum absolute atomic E-state index is 14.0. The van der Waals surface area contributed by atoms with E-state index in [-0.39, 0.29) is 12.0 Å². The lowest BCUT2D eigenvalue weighted by atomic mass is 9.78. The van der Waals surface area contributed by atoms with Gasteiger partial charge >= 0.3 is 6.18 Å². The van der Waals surface area contributed by atoms with Gasteiger partial charge in [0.15, 0.2) is 0 Å². The predicted molar refractivity (Wildman–Crippen MR) is 91.6 cm³/mol. The second-order valence-electron chi connectivity index (χ2n) is 6.48. The molecule has 0 aliphatic heterocycles. The molecule has 0 spiro atoms. The first kappa shape index (κ1) is 19.0. The van der Waals surface area contributed by atoms with Crippen LogP contribution in [-0.2, 0) is 18.1 Å². The van der Waals surface area contributed by atoms with Crippen LogP contribution in [0.25, 0.3) is 0 Å². The summed E-state index contributed by atoms with van der Waals surface area (Å²) in [6.45, 7) is 0. The summed E-state index contributed by atoms with van der Waals surface area (Å²) in [5.74, 6) is -1.47. The van der Waals surface area contributed by atoms with Crippen LogP contribution in [-0.4, -0.2) is 0 Å². The zero-order valence-corrected chi connectivity index (χ0v) is 14.2. The van der Waals surface area contributed by atoms with Crippen LogP contribution in [0, 0.1) is 11.6 Å². The topological polar surface area (TPSA) is 27.6 Å². The van der Waals surface area contributed by atoms with Crippen LogP contribution in [0.15, 0.2) is 72.8 Å². The summed E-state index contributed by atoms with van der Waals surface area (Å²) < 4.78 is 66.9. The molecule has 0 aliphatic rings. The highest BCUT2D eigenvalue weighted by Crippen LogP contribution is 2.35. The summed E-state index contributed by atoms with van der Waals surface area (Å²) >= 11 is 0. The largest absolute Gasteiger partial charge is 0.416 e. The second kappa shape index (κ2) is 7.12. The molecule has 0 heterocycles. The Kier molecular flexibility index (Phi) is 5.02. The summed E-state index contributed by atoms with van der Waals surface area (Å²) in [6.07, 6.45) is -4.46. The standard InChI is InChI=1S/C21H16F5N/c22-18-8-6-15(7-9-18)20(27,13-14-4-2-1-3-5-14)16-10-17(21(24,25)26)12-19(23)11-16/h1-12H,13,27H2/p+1. The minimum Gasteiger partial charge on any atom is -0.345 e. The van der Waals surface area contributed by atoms with Crippen LogP contribution in [0.3, 0.4) is 0 Å². The van der Waals surface area contributed by atoms with E-state index in [2.05, 4.69) is 5.73 Å². The molecule has 3 N–H and O–H groups in total. The lowest BCUT2D eigenvalue weighted by molar-refractivity contribution is -0.471. The summed E-state index contributed by atoms with van der Waals surface area (Å²) in [7, 11) is 0. The molecule has 0 aliphatic carbocycles. The molecule has 3 rings (SSSR count). The van der Waals surface area contributed by atoms with Gasteiger partial charge in [0.25, 0.3) is 0 Å². The molecular weight excluding hydrogens is 361 g/mol. The van der Waals surface area contributed by atoms with Gasteiger partial charge in [0.1, 0.15) is 17.2 Å². The number of hydrogen-bond donors (Lipinski definition) is 1. The van der Waals surface area contributed by atoms with E-state index >= 15 is 0 Å². The molecule has 0 bridgehead atoms. The predicted octanol–water partition coefficient (Wildman–Crippen LogP) is 4.71. The first-order valence-corrected chi connectivity index (χ1v) is 8.22. The highest BCUT2D eigenvalue weighted by atomic mass is 19.4. The first-order chi connectivity index (χ1) is 12.7. The van der Waals surface area contributed by atoms with Crippen molar-refractivity contribution in [3.8, 4) is 0 Å². The van der Waals surface area contributed by atoms with Gasteiger partial charge in [-0.25, -0.2) is 8.78 Å². The molecule has 0 fully saturated rings. The molecule has 6 heteroatoms. The number of halogens is 5. The van der Waals surface area contributed by atoms with Crippen molar-refractivity contribution >= 4 is 0 Å². The fraction of sp³-hybridized carbons (Fsp3) is 0.143. The van der Waals surface area contributed by atoms with Gasteiger partial charge in [0.05, 0.1) is 5.56 Å². The Hall–Kier alpha value is -2.73. The van der Waals surface area contributed by atoms with Gasteiger partial charge in [0, 0.05) is 17.5 Å². The molecule has 0 aromatic heterocycles. The van der Waals surface area contributed by atoms with E-state index in [1.165, 1.54) is 24.3 Å². The third-order valence-electron chi connectivity index (χ3n) is 4.52. The van der Waals surface area contributed by atoms with Crippen LogP contribution in [0.1, 0.15) is 22.3 Å². The van der Waals surface area contributed by atoms with Crippen LogP contribution in [0.4, 0.5) is 22.0 Å². The van der Waals surface area contributed by atoms with Gasteiger partial charge in [-0.05, 0) is 48.0 Å². The Balaban J connectivity index is 2.18. The van der Waals surface area contributed by atoms with E-state index in [1.54, 1.807) is 12.1 Å². The van der Waals surface area contributed by atoms with E-state index in [9.17, 15) is 22.0 Å². The van der Waals surface area contributed by atoms with Crippen LogP contribution >= 0.6 is 0 Å². The normalized spacial score (nSPS) is 14.0. The van der Waals surface area contributed by atoms with E-state index in [4.69, 9.17) is 0 Å². The van der Waals surface area contributed by atoms with E-state index in [1.807, 2.05) is 18.2 Å². The Morgan fingerprint density at radius 1 is 0.667 bits per heavy atom. The quantitative estimate of drug-likeness (QED) is 0.637. The molecule has 1 atom stereocenters. The summed E-state index contributed by atoms with van der Waals surface area (Å²) in [6, 6.07) is 16.8. The number of rotatable bonds is 4. The van der Waals surface area contributed by atoms with Gasteiger partial charge in [-0.2, -0.15) is 13.2 Å². The van der Waals surface area contributed by atoms with Crippen molar-refractivity contribution in [3.63, 3.8) is 0 Å². The average Bonchev–Trinajstić information content (AvgIpc) is 2.61. The van der Waals surface area contributed by atoms with E-state index in [0.29, 0.717) is 11.6 Å². The Labute approximate surface area is 153 Å². The van der Waals surface area contributed by atoms with Gasteiger partial charge in [-0.3, -0.25) is 0 Å². The van der Waals surface area contributed by atoms with Crippen LogP contribution in [0.2, 0.25) is 0 Å². The zero-order chi connectivity index (χ0) is 19.7. The number of alkyl halides is 3. The van der Waals surface area contributed by atoms with Crippen molar-refractivity contribution in [1.82, 2.24) is 0 Å². The Morgan fingerprint density at radius 2 is 1.26 bits per heavy atom. The van der Waals surface area contributed by atoms with Gasteiger partial charge in [-0.1, -0.05) is 30.3 Å². The fourth-order valence-electron chi connectivity index (χ4n) is 3.11. The van der Waals surface area contributed by atoms with Crippen molar-refractivity contribution in [2.24, 2.45) is 0 Å². The average molecular weight is 378 g/mol. The highest BCUT2D eigenvalue weighted by Gasteiger charge is 2.38. The van der Waals surface area contributed by atoms with Crippen molar-refractivity contribution in [2.45, 2.75) is 18.1 Å². The van der Waals surface area contributed by atoms with Gasteiger partial charge in [-0.15, -0.1) is 0 Å². The van der Waals surface area contributed by atoms with Crippen molar-refractivity contribution < 1.29 is 27.7 Å². The summed E-state index contributed by atoms with van der Waals surface area (Å²) in [5, 5.41) is 0. The zero-order valence-electron chi connectivity index (χ0n) is 14.2. The Bertz CT molecular complexity index is 920. The fourth-order valence-corrected chi connectivity index (χ4v) is 3.11. The molecule has 140 valence electrons. The van der Waals surface area contributed by atoms with Gasteiger partial charge in [0.2, 0.25) is 0 Å². The molecule has 1 unspecified atom stereocenters. The summed E-state index contributed by atoms with van der Waals surface area (Å²) in [4.78, 5) is 0. The maximum atomic E-state index is 14.0. The lowest BCUT2D eigenvalue weighted by Gasteiger charge is -2.28. The Morgan fingerprint density at radius 3 is 1.85 bits per heavy atom. The molecule has 27 heavy (non-hydrogen) atoms. The summed E-state index contributed by atoms with van der Waals surface area (Å²) in [5.41, 5.74) is 3.22. The number of benzene rings is 3. The molecule has 0 amide bonds. The van der Waals surface area contributed by atoms with E-state index in [0.717, 1.165) is 17.7 Å². The third-order valence-corrected chi connectivity index (χ3v) is 4.52. The first-order valence-electron chi connectivity index (χ1n) is 8.22. The second-order valence-corrected chi connectivity index (χ2v) is 6.48. The minimum absolute atomic E-state index is 0.0743. The van der Waals surface area contributed by atoms with Crippen LogP contribution < -0.4 is 5.73 Å². The van der Waals surface area contributed by atoms with Gasteiger partial charge < -0.3 is 5.73 Å². The number of hydrogen-bond acceptors (Lipinski definition) is 0. The molecule has 1 nitrogen and oxygen atoms in total. The molecule has 3 aromatic rings.